The highest BCUT2D eigenvalue weighted by molar-refractivity contribution is 9.10. The van der Waals surface area contributed by atoms with Crippen LogP contribution < -0.4 is 15.4 Å². The van der Waals surface area contributed by atoms with Gasteiger partial charge in [-0.25, -0.2) is 4.39 Å². The van der Waals surface area contributed by atoms with Crippen molar-refractivity contribution in [1.29, 1.82) is 0 Å². The van der Waals surface area contributed by atoms with Crippen molar-refractivity contribution >= 4 is 27.7 Å². The monoisotopic (exact) mass is 491 g/mol. The summed E-state index contributed by atoms with van der Waals surface area (Å²) in [5, 5.41) is 5.84. The molecule has 166 valence electrons. The van der Waals surface area contributed by atoms with Gasteiger partial charge < -0.3 is 15.4 Å². The molecule has 0 atom stereocenters. The third kappa shape index (κ3) is 7.04. The number of hydrogen-bond donors (Lipinski definition) is 2. The Kier molecular flexibility index (Phi) is 8.43. The van der Waals surface area contributed by atoms with E-state index in [1.165, 1.54) is 12.1 Å². The minimum Gasteiger partial charge on any atom is -0.454 e. The van der Waals surface area contributed by atoms with Gasteiger partial charge in [0.2, 0.25) is 5.91 Å². The van der Waals surface area contributed by atoms with Gasteiger partial charge in [-0.3, -0.25) is 14.5 Å². The molecule has 31 heavy (non-hydrogen) atoms. The van der Waals surface area contributed by atoms with Gasteiger partial charge in [-0.05, 0) is 61.7 Å². The third-order valence-corrected chi connectivity index (χ3v) is 5.63. The van der Waals surface area contributed by atoms with E-state index >= 15 is 0 Å². The fraction of sp³-hybridized carbons (Fsp3) is 0.391. The van der Waals surface area contributed by atoms with Gasteiger partial charge in [0.1, 0.15) is 5.75 Å². The van der Waals surface area contributed by atoms with Crippen LogP contribution in [0.5, 0.6) is 11.5 Å². The van der Waals surface area contributed by atoms with E-state index in [0.29, 0.717) is 18.8 Å². The lowest BCUT2D eigenvalue weighted by molar-refractivity contribution is -0.122. The second kappa shape index (κ2) is 11.2. The molecular weight excluding hydrogens is 465 g/mol. The van der Waals surface area contributed by atoms with Gasteiger partial charge in [-0.2, -0.15) is 0 Å². The van der Waals surface area contributed by atoms with E-state index in [4.69, 9.17) is 4.74 Å². The van der Waals surface area contributed by atoms with E-state index in [1.807, 2.05) is 6.92 Å². The van der Waals surface area contributed by atoms with Crippen LogP contribution in [0, 0.1) is 5.82 Å². The lowest BCUT2D eigenvalue weighted by Crippen LogP contribution is -2.47. The normalized spacial score (nSPS) is 14.8. The smallest absolute Gasteiger partial charge is 0.251 e. The standard InChI is InChI=1S/C23H27BrFN3O3/c1-2-11-26-22(29)15-28-12-9-18(10-13-28)27-23(30)16-3-8-21(20(25)14-16)31-19-6-4-17(24)5-7-19/h3-8,14,18H,2,9-13,15H2,1H3,(H,26,29)(H,27,30). The summed E-state index contributed by atoms with van der Waals surface area (Å²) in [7, 11) is 0. The molecule has 0 bridgehead atoms. The Morgan fingerprint density at radius 1 is 1.16 bits per heavy atom. The number of halogens is 2. The van der Waals surface area contributed by atoms with E-state index in [1.54, 1.807) is 30.3 Å². The molecule has 1 fully saturated rings. The molecule has 3 rings (SSSR count). The van der Waals surface area contributed by atoms with Crippen LogP contribution in [-0.2, 0) is 4.79 Å². The summed E-state index contributed by atoms with van der Waals surface area (Å²) < 4.78 is 20.9. The summed E-state index contributed by atoms with van der Waals surface area (Å²) in [5.41, 5.74) is 0.252. The maximum absolute atomic E-state index is 14.5. The third-order valence-electron chi connectivity index (χ3n) is 5.10. The average Bonchev–Trinajstić information content (AvgIpc) is 2.76. The first-order chi connectivity index (χ1) is 14.9. The lowest BCUT2D eigenvalue weighted by atomic mass is 10.0. The predicted octanol–water partition coefficient (Wildman–Crippen LogP) is 4.10. The molecule has 2 amide bonds. The van der Waals surface area contributed by atoms with Crippen LogP contribution in [0.2, 0.25) is 0 Å². The fourth-order valence-electron chi connectivity index (χ4n) is 3.38. The van der Waals surface area contributed by atoms with Crippen LogP contribution in [0.15, 0.2) is 46.9 Å². The van der Waals surface area contributed by atoms with Gasteiger partial charge in [0.05, 0.1) is 6.54 Å². The van der Waals surface area contributed by atoms with Crippen molar-refractivity contribution in [1.82, 2.24) is 15.5 Å². The van der Waals surface area contributed by atoms with Gasteiger partial charge in [0, 0.05) is 35.7 Å². The van der Waals surface area contributed by atoms with Crippen LogP contribution in [0.25, 0.3) is 0 Å². The van der Waals surface area contributed by atoms with Crippen molar-refractivity contribution in [2.24, 2.45) is 0 Å². The zero-order chi connectivity index (χ0) is 22.2. The molecule has 6 nitrogen and oxygen atoms in total. The highest BCUT2D eigenvalue weighted by Crippen LogP contribution is 2.26. The summed E-state index contributed by atoms with van der Waals surface area (Å²) in [6, 6.07) is 11.3. The number of carbonyl (C=O) groups excluding carboxylic acids is 2. The first-order valence-electron chi connectivity index (χ1n) is 10.5. The van der Waals surface area contributed by atoms with E-state index in [-0.39, 0.29) is 29.2 Å². The van der Waals surface area contributed by atoms with Crippen molar-refractivity contribution in [2.45, 2.75) is 32.2 Å². The molecule has 1 heterocycles. The maximum Gasteiger partial charge on any atom is 0.251 e. The molecule has 2 aromatic carbocycles. The van der Waals surface area contributed by atoms with E-state index in [2.05, 4.69) is 31.5 Å². The summed E-state index contributed by atoms with van der Waals surface area (Å²) >= 11 is 3.34. The second-order valence-corrected chi connectivity index (χ2v) is 8.49. The first-order valence-corrected chi connectivity index (χ1v) is 11.3. The highest BCUT2D eigenvalue weighted by Gasteiger charge is 2.23. The summed E-state index contributed by atoms with van der Waals surface area (Å²) in [5.74, 6) is -0.301. The van der Waals surface area contributed by atoms with Crippen LogP contribution >= 0.6 is 15.9 Å². The number of hydrogen-bond acceptors (Lipinski definition) is 4. The van der Waals surface area contributed by atoms with Crippen molar-refractivity contribution in [2.75, 3.05) is 26.2 Å². The summed E-state index contributed by atoms with van der Waals surface area (Å²) in [6.45, 7) is 4.56. The number of likely N-dealkylation sites (tertiary alicyclic amines) is 1. The average molecular weight is 492 g/mol. The summed E-state index contributed by atoms with van der Waals surface area (Å²) in [4.78, 5) is 26.5. The van der Waals surface area contributed by atoms with Crippen LogP contribution in [0.3, 0.4) is 0 Å². The number of amides is 2. The van der Waals surface area contributed by atoms with Crippen LogP contribution in [-0.4, -0.2) is 48.9 Å². The molecule has 8 heteroatoms. The number of ether oxygens (including phenoxy) is 1. The highest BCUT2D eigenvalue weighted by atomic mass is 79.9. The SMILES string of the molecule is CCCNC(=O)CN1CCC(NC(=O)c2ccc(Oc3ccc(Br)cc3)c(F)c2)CC1. The Morgan fingerprint density at radius 3 is 2.52 bits per heavy atom. The number of carbonyl (C=O) groups is 2. The second-order valence-electron chi connectivity index (χ2n) is 7.58. The Morgan fingerprint density at radius 2 is 1.87 bits per heavy atom. The Bertz CT molecular complexity index is 899. The van der Waals surface area contributed by atoms with Gasteiger partial charge >= 0.3 is 0 Å². The minimum atomic E-state index is -0.594. The van der Waals surface area contributed by atoms with Gasteiger partial charge in [-0.15, -0.1) is 0 Å². The van der Waals surface area contributed by atoms with Crippen LogP contribution in [0.4, 0.5) is 4.39 Å². The summed E-state index contributed by atoms with van der Waals surface area (Å²) in [6.07, 6.45) is 2.41. The number of rotatable bonds is 8. The number of nitrogens with zero attached hydrogens (tertiary/aromatic N) is 1. The van der Waals surface area contributed by atoms with Crippen molar-refractivity contribution < 1.29 is 18.7 Å². The van der Waals surface area contributed by atoms with E-state index in [0.717, 1.165) is 36.8 Å². The van der Waals surface area contributed by atoms with E-state index < -0.39 is 5.82 Å². The fourth-order valence-corrected chi connectivity index (χ4v) is 3.65. The first kappa shape index (κ1) is 23.2. The largest absolute Gasteiger partial charge is 0.454 e. The molecule has 1 aliphatic rings. The molecule has 0 spiro atoms. The van der Waals surface area contributed by atoms with Crippen molar-refractivity contribution in [3.8, 4) is 11.5 Å². The molecule has 1 saturated heterocycles. The number of benzene rings is 2. The Hall–Kier alpha value is -2.45. The molecule has 0 aliphatic carbocycles. The maximum atomic E-state index is 14.5. The molecule has 2 N–H and O–H groups in total. The Labute approximate surface area is 190 Å². The zero-order valence-electron chi connectivity index (χ0n) is 17.5. The molecule has 1 aliphatic heterocycles. The van der Waals surface area contributed by atoms with Crippen LogP contribution in [0.1, 0.15) is 36.5 Å². The van der Waals surface area contributed by atoms with E-state index in [9.17, 15) is 14.0 Å². The molecule has 0 unspecified atom stereocenters. The molecule has 2 aromatic rings. The lowest BCUT2D eigenvalue weighted by Gasteiger charge is -2.31. The molecule has 0 saturated carbocycles. The van der Waals surface area contributed by atoms with Gasteiger partial charge in [0.15, 0.2) is 11.6 Å². The number of nitrogens with one attached hydrogen (secondary N) is 2. The quantitative estimate of drug-likeness (QED) is 0.582. The zero-order valence-corrected chi connectivity index (χ0v) is 19.1. The topological polar surface area (TPSA) is 70.7 Å². The van der Waals surface area contributed by atoms with Gasteiger partial charge in [0.25, 0.3) is 5.91 Å². The Balaban J connectivity index is 1.49. The van der Waals surface area contributed by atoms with Gasteiger partial charge in [-0.1, -0.05) is 22.9 Å². The van der Waals surface area contributed by atoms with Crippen molar-refractivity contribution in [3.63, 3.8) is 0 Å². The molecule has 0 aromatic heterocycles. The van der Waals surface area contributed by atoms with Crippen molar-refractivity contribution in [3.05, 3.63) is 58.3 Å². The number of piperidine rings is 1. The predicted molar refractivity (Wildman–Crippen MR) is 121 cm³/mol. The molecular formula is C23H27BrFN3O3. The minimum absolute atomic E-state index is 0.00389. The molecule has 0 radical (unpaired) electrons.